The number of urea groups is 1. The summed E-state index contributed by atoms with van der Waals surface area (Å²) in [4.78, 5) is 37.3. The number of likely N-dealkylation sites (tertiary alicyclic amines) is 2. The minimum absolute atomic E-state index is 0.0720. The summed E-state index contributed by atoms with van der Waals surface area (Å²) in [5.74, 6) is 1.07. The fraction of sp³-hybridized carbons (Fsp3) is 0.577. The van der Waals surface area contributed by atoms with E-state index in [-0.39, 0.29) is 11.9 Å². The molecule has 1 N–H and O–H groups in total. The van der Waals surface area contributed by atoms with Crippen molar-refractivity contribution in [1.82, 2.24) is 14.8 Å². The summed E-state index contributed by atoms with van der Waals surface area (Å²) in [6, 6.07) is 3.53. The number of hydrogen-bond acceptors (Lipinski definition) is 4. The van der Waals surface area contributed by atoms with E-state index < -0.39 is 0 Å². The molecule has 7 heteroatoms. The molecule has 0 bridgehead atoms. The van der Waals surface area contributed by atoms with Crippen LogP contribution < -0.4 is 10.2 Å². The molecule has 7 nitrogen and oxygen atoms in total. The van der Waals surface area contributed by atoms with Crippen molar-refractivity contribution >= 4 is 23.4 Å². The maximum absolute atomic E-state index is 13.8. The van der Waals surface area contributed by atoms with Gasteiger partial charge in [-0.3, -0.25) is 4.79 Å². The number of allylic oxidation sites excluding steroid dienone is 2. The van der Waals surface area contributed by atoms with E-state index >= 15 is 0 Å². The number of anilines is 2. The van der Waals surface area contributed by atoms with Gasteiger partial charge in [-0.1, -0.05) is 12.5 Å². The molecule has 2 saturated heterocycles. The van der Waals surface area contributed by atoms with Crippen LogP contribution in [0.5, 0.6) is 0 Å². The quantitative estimate of drug-likeness (QED) is 0.733. The Morgan fingerprint density at radius 3 is 2.76 bits per heavy atom. The Morgan fingerprint density at radius 2 is 1.94 bits per heavy atom. The fourth-order valence-corrected chi connectivity index (χ4v) is 5.61. The van der Waals surface area contributed by atoms with Crippen LogP contribution in [0.15, 0.2) is 41.8 Å². The minimum atomic E-state index is -0.133. The maximum atomic E-state index is 13.8. The zero-order valence-electron chi connectivity index (χ0n) is 19.5. The summed E-state index contributed by atoms with van der Waals surface area (Å²) in [7, 11) is 0. The highest BCUT2D eigenvalue weighted by atomic mass is 16.2. The first-order valence-electron chi connectivity index (χ1n) is 12.7. The molecular weight excluding hydrogens is 414 g/mol. The second kappa shape index (κ2) is 10.1. The predicted octanol–water partition coefficient (Wildman–Crippen LogP) is 4.54. The number of nitrogens with zero attached hydrogens (tertiary/aromatic N) is 4. The van der Waals surface area contributed by atoms with E-state index in [1.807, 2.05) is 23.1 Å². The van der Waals surface area contributed by atoms with Crippen LogP contribution in [0.4, 0.5) is 16.3 Å². The molecule has 0 spiro atoms. The predicted molar refractivity (Wildman–Crippen MR) is 130 cm³/mol. The SMILES string of the molecule is O=C1Nc2cccnc2N(C(=O)N2CCC(CCCN3CCCCC3)CC2)C2=C1CCC=C2. The Kier molecular flexibility index (Phi) is 6.76. The fourth-order valence-electron chi connectivity index (χ4n) is 5.61. The van der Waals surface area contributed by atoms with Crippen molar-refractivity contribution < 1.29 is 9.59 Å². The molecule has 176 valence electrons. The molecule has 0 unspecified atom stereocenters. The van der Waals surface area contributed by atoms with E-state index in [0.717, 1.165) is 32.4 Å². The molecule has 1 aliphatic carbocycles. The van der Waals surface area contributed by atoms with Gasteiger partial charge in [0.1, 0.15) is 0 Å². The van der Waals surface area contributed by atoms with Crippen LogP contribution in [-0.4, -0.2) is 59.4 Å². The number of amides is 3. The summed E-state index contributed by atoms with van der Waals surface area (Å²) in [5, 5.41) is 2.96. The van der Waals surface area contributed by atoms with E-state index in [2.05, 4.69) is 15.2 Å². The topological polar surface area (TPSA) is 68.8 Å². The highest BCUT2D eigenvalue weighted by molar-refractivity contribution is 6.12. The number of fused-ring (bicyclic) bond motifs is 1. The summed E-state index contributed by atoms with van der Waals surface area (Å²) in [6.07, 6.45) is 15.8. The second-order valence-electron chi connectivity index (χ2n) is 9.73. The standard InChI is InChI=1S/C26H35N5O2/c32-25-21-9-2-3-11-23(21)31(24-22(28-25)10-6-14-27-24)26(33)30-18-12-20(13-19-30)8-7-17-29-15-4-1-5-16-29/h3,6,10-11,14,20H,1-2,4-5,7-9,12-13,15-19H2,(H,28,32). The van der Waals surface area contributed by atoms with E-state index in [9.17, 15) is 9.59 Å². The lowest BCUT2D eigenvalue weighted by Gasteiger charge is -2.36. The summed E-state index contributed by atoms with van der Waals surface area (Å²) < 4.78 is 0. The van der Waals surface area contributed by atoms with Crippen molar-refractivity contribution in [2.75, 3.05) is 42.9 Å². The number of rotatable bonds is 4. The molecule has 0 saturated carbocycles. The average molecular weight is 450 g/mol. The maximum Gasteiger partial charge on any atom is 0.330 e. The van der Waals surface area contributed by atoms with E-state index in [4.69, 9.17) is 0 Å². The molecule has 5 rings (SSSR count). The third-order valence-electron chi connectivity index (χ3n) is 7.52. The molecule has 0 radical (unpaired) electrons. The molecule has 0 aromatic carbocycles. The first-order chi connectivity index (χ1) is 16.2. The smallest absolute Gasteiger partial charge is 0.324 e. The molecule has 4 aliphatic rings. The van der Waals surface area contributed by atoms with Gasteiger partial charge in [-0.2, -0.15) is 0 Å². The second-order valence-corrected chi connectivity index (χ2v) is 9.73. The molecule has 3 aliphatic heterocycles. The van der Waals surface area contributed by atoms with Crippen LogP contribution in [0.3, 0.4) is 0 Å². The average Bonchev–Trinajstić information content (AvgIpc) is 2.98. The lowest BCUT2D eigenvalue weighted by atomic mass is 9.92. The first-order valence-corrected chi connectivity index (χ1v) is 12.7. The first kappa shape index (κ1) is 22.1. The van der Waals surface area contributed by atoms with Crippen molar-refractivity contribution in [3.63, 3.8) is 0 Å². The van der Waals surface area contributed by atoms with Crippen molar-refractivity contribution in [2.24, 2.45) is 5.92 Å². The van der Waals surface area contributed by atoms with Crippen molar-refractivity contribution in [3.05, 3.63) is 41.8 Å². The van der Waals surface area contributed by atoms with Gasteiger partial charge >= 0.3 is 6.03 Å². The molecule has 4 heterocycles. The van der Waals surface area contributed by atoms with Gasteiger partial charge in [0, 0.05) is 24.9 Å². The van der Waals surface area contributed by atoms with Crippen molar-refractivity contribution in [1.29, 1.82) is 0 Å². The third-order valence-corrected chi connectivity index (χ3v) is 7.52. The zero-order valence-corrected chi connectivity index (χ0v) is 19.5. The number of nitrogens with one attached hydrogen (secondary N) is 1. The number of pyridine rings is 1. The van der Waals surface area contributed by atoms with Gasteiger partial charge in [-0.15, -0.1) is 0 Å². The molecule has 1 aromatic heterocycles. The molecule has 1 aromatic rings. The van der Waals surface area contributed by atoms with E-state index in [0.29, 0.717) is 35.1 Å². The van der Waals surface area contributed by atoms with Gasteiger partial charge in [0.05, 0.1) is 11.4 Å². The highest BCUT2D eigenvalue weighted by Gasteiger charge is 2.35. The minimum Gasteiger partial charge on any atom is -0.324 e. The van der Waals surface area contributed by atoms with Crippen molar-refractivity contribution in [3.8, 4) is 0 Å². The molecule has 33 heavy (non-hydrogen) atoms. The number of piperidine rings is 2. The normalized spacial score (nSPS) is 22.0. The Labute approximate surface area is 196 Å². The van der Waals surface area contributed by atoms with Gasteiger partial charge in [0.2, 0.25) is 0 Å². The van der Waals surface area contributed by atoms with Gasteiger partial charge in [0.25, 0.3) is 5.91 Å². The molecule has 2 fully saturated rings. The van der Waals surface area contributed by atoms with Gasteiger partial charge in [-0.25, -0.2) is 14.7 Å². The Hall–Kier alpha value is -2.67. The van der Waals surface area contributed by atoms with Gasteiger partial charge < -0.3 is 15.1 Å². The number of carbonyl (C=O) groups excluding carboxylic acids is 2. The highest BCUT2D eigenvalue weighted by Crippen LogP contribution is 2.36. The van der Waals surface area contributed by atoms with Crippen LogP contribution in [0.2, 0.25) is 0 Å². The van der Waals surface area contributed by atoms with Crippen LogP contribution in [0, 0.1) is 5.92 Å². The number of carbonyl (C=O) groups is 2. The number of hydrogen-bond donors (Lipinski definition) is 1. The lowest BCUT2D eigenvalue weighted by Crippen LogP contribution is -2.47. The van der Waals surface area contributed by atoms with Crippen LogP contribution >= 0.6 is 0 Å². The van der Waals surface area contributed by atoms with Crippen LogP contribution in [0.25, 0.3) is 0 Å². The van der Waals surface area contributed by atoms with Gasteiger partial charge in [-0.05, 0) is 95.1 Å². The Balaban J connectivity index is 1.24. The monoisotopic (exact) mass is 449 g/mol. The molecule has 0 atom stereocenters. The van der Waals surface area contributed by atoms with Crippen LogP contribution in [0.1, 0.15) is 57.8 Å². The van der Waals surface area contributed by atoms with Crippen LogP contribution in [-0.2, 0) is 4.79 Å². The Bertz CT molecular complexity index is 942. The lowest BCUT2D eigenvalue weighted by molar-refractivity contribution is -0.113. The zero-order chi connectivity index (χ0) is 22.6. The van der Waals surface area contributed by atoms with Crippen molar-refractivity contribution in [2.45, 2.75) is 57.8 Å². The number of aromatic nitrogens is 1. The Morgan fingerprint density at radius 1 is 1.12 bits per heavy atom. The third kappa shape index (κ3) is 4.83. The van der Waals surface area contributed by atoms with E-state index in [1.165, 1.54) is 51.7 Å². The van der Waals surface area contributed by atoms with E-state index in [1.54, 1.807) is 17.2 Å². The largest absolute Gasteiger partial charge is 0.330 e. The molecular formula is C26H35N5O2. The summed E-state index contributed by atoms with van der Waals surface area (Å²) in [6.45, 7) is 5.28. The summed E-state index contributed by atoms with van der Waals surface area (Å²) >= 11 is 0. The molecule has 3 amide bonds. The summed E-state index contributed by atoms with van der Waals surface area (Å²) in [5.41, 5.74) is 1.92. The van der Waals surface area contributed by atoms with Gasteiger partial charge in [0.15, 0.2) is 5.82 Å².